The highest BCUT2D eigenvalue weighted by atomic mass is 35.5. The van der Waals surface area contributed by atoms with Gasteiger partial charge in [0.1, 0.15) is 0 Å². The molecular formula is C19H17ClN4O3. The van der Waals surface area contributed by atoms with Crippen molar-refractivity contribution in [1.82, 2.24) is 20.8 Å². The van der Waals surface area contributed by atoms with Crippen molar-refractivity contribution in [3.63, 3.8) is 0 Å². The molecule has 2 amide bonds. The molecule has 2 N–H and O–H groups in total. The summed E-state index contributed by atoms with van der Waals surface area (Å²) in [5.74, 6) is -0.597. The topological polar surface area (TPSA) is 97.1 Å². The maximum absolute atomic E-state index is 12.1. The summed E-state index contributed by atoms with van der Waals surface area (Å²) in [6, 6.07) is 14.2. The van der Waals surface area contributed by atoms with Crippen LogP contribution in [-0.4, -0.2) is 35.0 Å². The first kappa shape index (κ1) is 18.6. The van der Waals surface area contributed by atoms with E-state index in [9.17, 15) is 9.59 Å². The van der Waals surface area contributed by atoms with Crippen LogP contribution in [0.2, 0.25) is 5.02 Å². The van der Waals surface area contributed by atoms with Crippen LogP contribution in [0.5, 0.6) is 0 Å². The smallest absolute Gasteiger partial charge is 0.316 e. The zero-order valence-corrected chi connectivity index (χ0v) is 15.3. The van der Waals surface area contributed by atoms with E-state index in [1.54, 1.807) is 36.4 Å². The SMILES string of the molecule is Cc1cccc(C(=O)NCCNC(=O)c2nc(-c3cccc(Cl)c3)no2)c1. The van der Waals surface area contributed by atoms with Gasteiger partial charge in [-0.05, 0) is 31.2 Å². The largest absolute Gasteiger partial charge is 0.350 e. The number of aryl methyl sites for hydroxylation is 1. The number of carbonyl (C=O) groups excluding carboxylic acids is 2. The van der Waals surface area contributed by atoms with Gasteiger partial charge in [-0.2, -0.15) is 4.98 Å². The second-order valence-corrected chi connectivity index (χ2v) is 6.25. The van der Waals surface area contributed by atoms with E-state index < -0.39 is 5.91 Å². The predicted molar refractivity (Wildman–Crippen MR) is 101 cm³/mol. The third kappa shape index (κ3) is 4.92. The van der Waals surface area contributed by atoms with Crippen LogP contribution in [0.3, 0.4) is 0 Å². The lowest BCUT2D eigenvalue weighted by Crippen LogP contribution is -2.34. The molecule has 7 nitrogen and oxygen atoms in total. The molecule has 0 bridgehead atoms. The van der Waals surface area contributed by atoms with Crippen LogP contribution < -0.4 is 10.6 Å². The number of nitrogens with zero attached hydrogens (tertiary/aromatic N) is 2. The number of benzene rings is 2. The van der Waals surface area contributed by atoms with E-state index in [2.05, 4.69) is 20.8 Å². The quantitative estimate of drug-likeness (QED) is 0.637. The van der Waals surface area contributed by atoms with Gasteiger partial charge in [-0.3, -0.25) is 9.59 Å². The molecule has 0 fully saturated rings. The third-order valence-electron chi connectivity index (χ3n) is 3.68. The molecule has 0 aliphatic rings. The molecule has 0 aliphatic heterocycles. The highest BCUT2D eigenvalue weighted by Crippen LogP contribution is 2.19. The lowest BCUT2D eigenvalue weighted by molar-refractivity contribution is 0.0898. The maximum atomic E-state index is 12.1. The van der Waals surface area contributed by atoms with E-state index in [4.69, 9.17) is 16.1 Å². The first-order chi connectivity index (χ1) is 13.0. The fraction of sp³-hybridized carbons (Fsp3) is 0.158. The van der Waals surface area contributed by atoms with E-state index in [1.807, 2.05) is 19.1 Å². The number of amides is 2. The Hall–Kier alpha value is -3.19. The van der Waals surface area contributed by atoms with Gasteiger partial charge in [0.05, 0.1) is 0 Å². The molecule has 0 unspecified atom stereocenters. The molecule has 138 valence electrons. The Balaban J connectivity index is 1.49. The molecule has 0 atom stereocenters. The molecule has 2 aromatic carbocycles. The summed E-state index contributed by atoms with van der Waals surface area (Å²) in [4.78, 5) is 28.2. The van der Waals surface area contributed by atoms with E-state index in [0.29, 0.717) is 16.1 Å². The van der Waals surface area contributed by atoms with Crippen molar-refractivity contribution < 1.29 is 14.1 Å². The monoisotopic (exact) mass is 384 g/mol. The zero-order valence-electron chi connectivity index (χ0n) is 14.5. The second-order valence-electron chi connectivity index (χ2n) is 5.81. The molecule has 3 aromatic rings. The molecule has 0 aliphatic carbocycles. The highest BCUT2D eigenvalue weighted by molar-refractivity contribution is 6.30. The summed E-state index contributed by atoms with van der Waals surface area (Å²) in [7, 11) is 0. The van der Waals surface area contributed by atoms with Crippen LogP contribution in [0.1, 0.15) is 26.6 Å². The van der Waals surface area contributed by atoms with E-state index >= 15 is 0 Å². The first-order valence-corrected chi connectivity index (χ1v) is 8.63. The Morgan fingerprint density at radius 2 is 1.78 bits per heavy atom. The highest BCUT2D eigenvalue weighted by Gasteiger charge is 2.16. The number of carbonyl (C=O) groups is 2. The van der Waals surface area contributed by atoms with Crippen molar-refractivity contribution in [3.05, 3.63) is 70.6 Å². The van der Waals surface area contributed by atoms with Crippen LogP contribution in [0.15, 0.2) is 53.1 Å². The number of hydrogen-bond donors (Lipinski definition) is 2. The zero-order chi connectivity index (χ0) is 19.2. The molecule has 3 rings (SSSR count). The molecule has 0 radical (unpaired) electrons. The average molecular weight is 385 g/mol. The lowest BCUT2D eigenvalue weighted by atomic mass is 10.1. The van der Waals surface area contributed by atoms with Gasteiger partial charge < -0.3 is 15.2 Å². The van der Waals surface area contributed by atoms with Crippen molar-refractivity contribution in [1.29, 1.82) is 0 Å². The Kier molecular flexibility index (Phi) is 5.83. The molecular weight excluding hydrogens is 368 g/mol. The van der Waals surface area contributed by atoms with Gasteiger partial charge in [0.2, 0.25) is 5.82 Å². The number of rotatable bonds is 6. The number of aromatic nitrogens is 2. The van der Waals surface area contributed by atoms with Gasteiger partial charge in [0.15, 0.2) is 0 Å². The number of halogens is 1. The summed E-state index contributed by atoms with van der Waals surface area (Å²) in [5, 5.41) is 9.67. The van der Waals surface area contributed by atoms with Gasteiger partial charge in [-0.1, -0.05) is 46.6 Å². The lowest BCUT2D eigenvalue weighted by Gasteiger charge is -2.06. The van der Waals surface area contributed by atoms with Gasteiger partial charge in [0, 0.05) is 29.2 Å². The fourth-order valence-corrected chi connectivity index (χ4v) is 2.57. The van der Waals surface area contributed by atoms with Crippen LogP contribution >= 0.6 is 11.6 Å². The van der Waals surface area contributed by atoms with Crippen molar-refractivity contribution in [2.75, 3.05) is 13.1 Å². The van der Waals surface area contributed by atoms with Gasteiger partial charge in [-0.25, -0.2) is 0 Å². The molecule has 1 heterocycles. The van der Waals surface area contributed by atoms with Crippen molar-refractivity contribution in [2.24, 2.45) is 0 Å². The normalized spacial score (nSPS) is 10.4. The first-order valence-electron chi connectivity index (χ1n) is 8.25. The molecule has 0 saturated carbocycles. The van der Waals surface area contributed by atoms with E-state index in [0.717, 1.165) is 5.56 Å². The minimum absolute atomic E-state index is 0.157. The van der Waals surface area contributed by atoms with Gasteiger partial charge in [-0.15, -0.1) is 0 Å². The van der Waals surface area contributed by atoms with E-state index in [-0.39, 0.29) is 30.7 Å². The Morgan fingerprint density at radius 3 is 2.52 bits per heavy atom. The second kappa shape index (κ2) is 8.46. The molecule has 0 spiro atoms. The van der Waals surface area contributed by atoms with Gasteiger partial charge >= 0.3 is 11.8 Å². The number of hydrogen-bond acceptors (Lipinski definition) is 5. The number of nitrogens with one attached hydrogen (secondary N) is 2. The van der Waals surface area contributed by atoms with Crippen LogP contribution in [-0.2, 0) is 0 Å². The fourth-order valence-electron chi connectivity index (χ4n) is 2.38. The molecule has 0 saturated heterocycles. The summed E-state index contributed by atoms with van der Waals surface area (Å²) in [5.41, 5.74) is 2.22. The Bertz CT molecular complexity index is 971. The summed E-state index contributed by atoms with van der Waals surface area (Å²) in [6.45, 7) is 2.41. The van der Waals surface area contributed by atoms with Crippen LogP contribution in [0, 0.1) is 6.92 Å². The maximum Gasteiger partial charge on any atom is 0.316 e. The van der Waals surface area contributed by atoms with Crippen molar-refractivity contribution >= 4 is 23.4 Å². The Labute approximate surface area is 160 Å². The molecule has 27 heavy (non-hydrogen) atoms. The molecule has 1 aromatic heterocycles. The summed E-state index contributed by atoms with van der Waals surface area (Å²) in [6.07, 6.45) is 0. The Morgan fingerprint density at radius 1 is 1.04 bits per heavy atom. The third-order valence-corrected chi connectivity index (χ3v) is 3.91. The molecule has 8 heteroatoms. The standard InChI is InChI=1S/C19H17ClN4O3/c1-12-4-2-6-14(10-12)17(25)21-8-9-22-18(26)19-23-16(24-27-19)13-5-3-7-15(20)11-13/h2-7,10-11H,8-9H2,1H3,(H,21,25)(H,22,26). The van der Waals surface area contributed by atoms with E-state index in [1.165, 1.54) is 0 Å². The summed E-state index contributed by atoms with van der Waals surface area (Å²) < 4.78 is 4.98. The summed E-state index contributed by atoms with van der Waals surface area (Å²) >= 11 is 5.93. The minimum atomic E-state index is -0.513. The van der Waals surface area contributed by atoms with Crippen molar-refractivity contribution in [2.45, 2.75) is 6.92 Å². The van der Waals surface area contributed by atoms with Gasteiger partial charge in [0.25, 0.3) is 5.91 Å². The van der Waals surface area contributed by atoms with Crippen LogP contribution in [0.4, 0.5) is 0 Å². The predicted octanol–water partition coefficient (Wildman–Crippen LogP) is 2.86. The van der Waals surface area contributed by atoms with Crippen molar-refractivity contribution in [3.8, 4) is 11.4 Å². The average Bonchev–Trinajstić information content (AvgIpc) is 3.15. The minimum Gasteiger partial charge on any atom is -0.350 e. The van der Waals surface area contributed by atoms with Crippen LogP contribution in [0.25, 0.3) is 11.4 Å².